The fraction of sp³-hybridized carbons (Fsp3) is 0.316. The Balaban J connectivity index is 1.72. The van der Waals surface area contributed by atoms with Crippen LogP contribution in [0.4, 0.5) is 4.39 Å². The van der Waals surface area contributed by atoms with Gasteiger partial charge in [0.1, 0.15) is 5.82 Å². The smallest absolute Gasteiger partial charge is 0.227 e. The van der Waals surface area contributed by atoms with Crippen molar-refractivity contribution in [2.75, 3.05) is 7.05 Å². The van der Waals surface area contributed by atoms with Gasteiger partial charge in [-0.05, 0) is 49.2 Å². The molecule has 0 radical (unpaired) electrons. The summed E-state index contributed by atoms with van der Waals surface area (Å²) in [5, 5.41) is 6.44. The number of fused-ring (bicyclic) bond motifs is 1. The van der Waals surface area contributed by atoms with Crippen molar-refractivity contribution in [1.29, 1.82) is 0 Å². The van der Waals surface area contributed by atoms with E-state index in [1.807, 2.05) is 26.1 Å². The second kappa shape index (κ2) is 6.50. The summed E-state index contributed by atoms with van der Waals surface area (Å²) in [6, 6.07) is 14.5. The van der Waals surface area contributed by atoms with Gasteiger partial charge in [-0.15, -0.1) is 0 Å². The van der Waals surface area contributed by atoms with Crippen molar-refractivity contribution in [3.05, 3.63) is 71.0 Å². The van der Waals surface area contributed by atoms with Gasteiger partial charge in [-0.3, -0.25) is 4.79 Å². The number of benzene rings is 2. The Kier molecular flexibility index (Phi) is 4.44. The molecule has 1 aliphatic rings. The maximum absolute atomic E-state index is 13.0. The van der Waals surface area contributed by atoms with Crippen LogP contribution in [0.2, 0.25) is 0 Å². The van der Waals surface area contributed by atoms with Crippen LogP contribution in [0.1, 0.15) is 35.6 Å². The van der Waals surface area contributed by atoms with Gasteiger partial charge >= 0.3 is 0 Å². The topological polar surface area (TPSA) is 41.1 Å². The number of hydrogen-bond donors (Lipinski definition) is 2. The van der Waals surface area contributed by atoms with E-state index in [-0.39, 0.29) is 29.7 Å². The third-order valence-electron chi connectivity index (χ3n) is 4.63. The molecule has 0 bridgehead atoms. The van der Waals surface area contributed by atoms with Crippen LogP contribution in [-0.4, -0.2) is 19.0 Å². The molecule has 0 heterocycles. The summed E-state index contributed by atoms with van der Waals surface area (Å²) in [5.74, 6) is -0.630. The summed E-state index contributed by atoms with van der Waals surface area (Å²) in [7, 11) is 1.91. The zero-order valence-corrected chi connectivity index (χ0v) is 13.3. The Labute approximate surface area is 135 Å². The fourth-order valence-electron chi connectivity index (χ4n) is 3.30. The van der Waals surface area contributed by atoms with Gasteiger partial charge in [0, 0.05) is 0 Å². The Morgan fingerprint density at radius 3 is 2.57 bits per heavy atom. The highest BCUT2D eigenvalue weighted by Crippen LogP contribution is 2.31. The predicted octanol–water partition coefficient (Wildman–Crippen LogP) is 2.93. The monoisotopic (exact) mass is 312 g/mol. The van der Waals surface area contributed by atoms with Gasteiger partial charge in [0.2, 0.25) is 5.91 Å². The molecule has 0 saturated carbocycles. The summed E-state index contributed by atoms with van der Waals surface area (Å²) >= 11 is 0. The van der Waals surface area contributed by atoms with E-state index in [1.165, 1.54) is 23.3 Å². The highest BCUT2D eigenvalue weighted by atomic mass is 19.1. The molecule has 2 aromatic carbocycles. The van der Waals surface area contributed by atoms with Crippen LogP contribution in [0.3, 0.4) is 0 Å². The molecule has 0 aromatic heterocycles. The quantitative estimate of drug-likeness (QED) is 0.911. The lowest BCUT2D eigenvalue weighted by atomic mass is 9.99. The average Bonchev–Trinajstić information content (AvgIpc) is 2.91. The Bertz CT molecular complexity index is 699. The number of hydrogen-bond acceptors (Lipinski definition) is 2. The summed E-state index contributed by atoms with van der Waals surface area (Å²) in [5.41, 5.74) is 3.33. The SMILES string of the molecule is CN[C@H]1c2ccccc2C[C@@H]1NC(=O)[C@@H](C)c1ccc(F)cc1. The number of nitrogens with one attached hydrogen (secondary N) is 2. The number of rotatable bonds is 4. The van der Waals surface area contributed by atoms with Gasteiger partial charge in [0.15, 0.2) is 0 Å². The zero-order valence-electron chi connectivity index (χ0n) is 13.3. The largest absolute Gasteiger partial charge is 0.351 e. The summed E-state index contributed by atoms with van der Waals surface area (Å²) in [6.07, 6.45) is 0.823. The van der Waals surface area contributed by atoms with Crippen molar-refractivity contribution in [1.82, 2.24) is 10.6 Å². The number of amides is 1. The third-order valence-corrected chi connectivity index (χ3v) is 4.63. The molecule has 3 rings (SSSR count). The average molecular weight is 312 g/mol. The van der Waals surface area contributed by atoms with Crippen molar-refractivity contribution in [2.24, 2.45) is 0 Å². The lowest BCUT2D eigenvalue weighted by molar-refractivity contribution is -0.123. The molecule has 1 aliphatic carbocycles. The molecule has 0 saturated heterocycles. The first kappa shape index (κ1) is 15.7. The van der Waals surface area contributed by atoms with Gasteiger partial charge in [0.25, 0.3) is 0 Å². The first-order valence-electron chi connectivity index (χ1n) is 7.91. The molecule has 0 fully saturated rings. The first-order chi connectivity index (χ1) is 11.1. The Hall–Kier alpha value is -2.20. The first-order valence-corrected chi connectivity index (χ1v) is 7.91. The molecule has 120 valence electrons. The van der Waals surface area contributed by atoms with Crippen molar-refractivity contribution < 1.29 is 9.18 Å². The minimum Gasteiger partial charge on any atom is -0.351 e. The molecule has 3 nitrogen and oxygen atoms in total. The fourth-order valence-corrected chi connectivity index (χ4v) is 3.30. The normalized spacial score (nSPS) is 20.8. The van der Waals surface area contributed by atoms with Crippen LogP contribution >= 0.6 is 0 Å². The van der Waals surface area contributed by atoms with E-state index < -0.39 is 0 Å². The van der Waals surface area contributed by atoms with Crippen LogP contribution in [-0.2, 0) is 11.2 Å². The van der Waals surface area contributed by atoms with E-state index in [0.717, 1.165) is 12.0 Å². The molecule has 2 aromatic rings. The molecular weight excluding hydrogens is 291 g/mol. The minimum atomic E-state index is -0.309. The van der Waals surface area contributed by atoms with Gasteiger partial charge in [-0.1, -0.05) is 36.4 Å². The zero-order chi connectivity index (χ0) is 16.4. The highest BCUT2D eigenvalue weighted by molar-refractivity contribution is 5.83. The molecule has 3 atom stereocenters. The second-order valence-corrected chi connectivity index (χ2v) is 6.06. The van der Waals surface area contributed by atoms with E-state index >= 15 is 0 Å². The van der Waals surface area contributed by atoms with E-state index in [9.17, 15) is 9.18 Å². The van der Waals surface area contributed by atoms with Crippen LogP contribution in [0, 0.1) is 5.82 Å². The molecule has 0 unspecified atom stereocenters. The summed E-state index contributed by atoms with van der Waals surface area (Å²) < 4.78 is 13.0. The van der Waals surface area contributed by atoms with Gasteiger partial charge in [-0.2, -0.15) is 0 Å². The van der Waals surface area contributed by atoms with E-state index in [2.05, 4.69) is 22.8 Å². The second-order valence-electron chi connectivity index (χ2n) is 6.06. The van der Waals surface area contributed by atoms with Crippen LogP contribution < -0.4 is 10.6 Å². The molecule has 4 heteroatoms. The number of carbonyl (C=O) groups is 1. The molecule has 23 heavy (non-hydrogen) atoms. The number of halogens is 1. The molecular formula is C19H21FN2O. The predicted molar refractivity (Wildman–Crippen MR) is 88.7 cm³/mol. The van der Waals surface area contributed by atoms with E-state index in [1.54, 1.807) is 12.1 Å². The molecule has 0 spiro atoms. The van der Waals surface area contributed by atoms with Crippen LogP contribution in [0.5, 0.6) is 0 Å². The van der Waals surface area contributed by atoms with Crippen molar-refractivity contribution in [2.45, 2.75) is 31.3 Å². The molecule has 1 amide bonds. The summed E-state index contributed by atoms with van der Waals surface area (Å²) in [4.78, 5) is 12.6. The van der Waals surface area contributed by atoms with Crippen LogP contribution in [0.25, 0.3) is 0 Å². The van der Waals surface area contributed by atoms with E-state index in [0.29, 0.717) is 0 Å². The maximum atomic E-state index is 13.0. The standard InChI is InChI=1S/C19H21FN2O/c1-12(13-7-9-15(20)10-8-13)19(23)22-17-11-14-5-3-4-6-16(14)18(17)21-2/h3-10,12,17-18,21H,11H2,1-2H3,(H,22,23)/t12-,17-,18-/m0/s1. The molecule has 2 N–H and O–H groups in total. The van der Waals surface area contributed by atoms with Gasteiger partial charge < -0.3 is 10.6 Å². The van der Waals surface area contributed by atoms with E-state index in [4.69, 9.17) is 0 Å². The highest BCUT2D eigenvalue weighted by Gasteiger charge is 2.33. The summed E-state index contributed by atoms with van der Waals surface area (Å²) in [6.45, 7) is 1.85. The van der Waals surface area contributed by atoms with Gasteiger partial charge in [-0.25, -0.2) is 4.39 Å². The number of carbonyl (C=O) groups excluding carboxylic acids is 1. The maximum Gasteiger partial charge on any atom is 0.227 e. The van der Waals surface area contributed by atoms with Crippen molar-refractivity contribution >= 4 is 5.91 Å². The number of likely N-dealkylation sites (N-methyl/N-ethyl adjacent to an activating group) is 1. The lowest BCUT2D eigenvalue weighted by Gasteiger charge is -2.23. The van der Waals surface area contributed by atoms with Crippen molar-refractivity contribution in [3.8, 4) is 0 Å². The van der Waals surface area contributed by atoms with Crippen LogP contribution in [0.15, 0.2) is 48.5 Å². The lowest BCUT2D eigenvalue weighted by Crippen LogP contribution is -2.43. The minimum absolute atomic E-state index is 0.0327. The Morgan fingerprint density at radius 1 is 1.17 bits per heavy atom. The molecule has 0 aliphatic heterocycles. The third kappa shape index (κ3) is 3.13. The van der Waals surface area contributed by atoms with Crippen molar-refractivity contribution in [3.63, 3.8) is 0 Å². The Morgan fingerprint density at radius 2 is 1.87 bits per heavy atom. The van der Waals surface area contributed by atoms with Gasteiger partial charge in [0.05, 0.1) is 18.0 Å².